The molecule has 0 heterocycles. The number of carboxylic acid groups (broad SMARTS) is 1. The van der Waals surface area contributed by atoms with E-state index in [1.807, 2.05) is 0 Å². The number of hydrogen-bond donors (Lipinski definition) is 23. The van der Waals surface area contributed by atoms with Crippen LogP contribution in [-0.4, -0.2) is 204 Å². The topological polar surface area (TPSA) is 697 Å². The minimum absolute atomic E-state index is 0.0161. The smallest absolute Gasteiger partial charge is 0.326 e. The Labute approximate surface area is 537 Å². The zero-order chi connectivity index (χ0) is 70.5. The second-order valence-corrected chi connectivity index (χ2v) is 21.5. The normalized spacial score (nSPS) is 14.3. The summed E-state index contributed by atoms with van der Waals surface area (Å²) in [6, 6.07) is -8.73. The molecule has 39 heteroatoms. The number of phenolic OH excluding ortho intramolecular Hbond substituents is 1. The number of nitrogens with zero attached hydrogens (tertiary/aromatic N) is 5. The number of aliphatic imine (C=N–C) groups is 5. The zero-order valence-corrected chi connectivity index (χ0v) is 52.9. The van der Waals surface area contributed by atoms with Gasteiger partial charge in [-0.1, -0.05) is 12.1 Å². The highest BCUT2D eigenvalue weighted by Gasteiger charge is 2.34. The second kappa shape index (κ2) is 42.5. The third-order valence-electron chi connectivity index (χ3n) is 13.4. The molecule has 1 aromatic carbocycles. The number of carbonyl (C=O) groups excluding carboxylic acids is 10. The summed E-state index contributed by atoms with van der Waals surface area (Å²) in [5.74, 6) is -11.2. The number of carboxylic acids is 1. The van der Waals surface area contributed by atoms with Crippen molar-refractivity contribution in [3.63, 3.8) is 0 Å². The molecule has 0 aromatic heterocycles. The predicted octanol–water partition coefficient (Wildman–Crippen LogP) is -9.44. The fourth-order valence-corrected chi connectivity index (χ4v) is 8.22. The molecule has 0 fully saturated rings. The molecule has 0 spiro atoms. The number of benzene rings is 1. The molecule has 0 saturated carbocycles. The maximum absolute atomic E-state index is 14.2. The summed E-state index contributed by atoms with van der Waals surface area (Å²) in [7, 11) is 0. The second-order valence-electron chi connectivity index (χ2n) is 21.5. The van der Waals surface area contributed by atoms with Crippen LogP contribution >= 0.6 is 0 Å². The van der Waals surface area contributed by atoms with Gasteiger partial charge in [-0.05, 0) is 123 Å². The highest BCUT2D eigenvalue weighted by molar-refractivity contribution is 5.99. The first-order valence-electron chi connectivity index (χ1n) is 29.7. The number of carbonyl (C=O) groups is 11. The standard InChI is InChI=1S/C54H96N26O13/c1-26(74-45(88)34(11-6-20-66-50(56)57)76-43(86)30(5)73-44(87)33(55)25-31-16-18-32(81)19-17-31)39(82)71-28(3)41(84)77-36(13-8-22-68-52(60)61)47(90)79-35(12-7-21-67-51(58)59)46(89)75-27(2)40(83)72-29(4)42(85)78-37(14-9-23-69-53(62)63)48(91)80-38(49(92)93)15-10-24-70-54(64)65/h16-19,26-30,33-38,81H,6-15,20-25,55H2,1-5H3,(H,71,82)(H,72,83)(H,73,87)(H,74,88)(H,75,89)(H,76,86)(H,77,84)(H,78,85)(H,79,90)(H,80,91)(H,92,93)(H4,56,57,66)(H4,58,59,67)(H4,60,61,68)(H4,62,63,69)(H4,64,65,70)/t26-,27-,28-,29-,30-,33-,34-,35-,36-,37-,38-/m0/s1. The third kappa shape index (κ3) is 34.3. The Hall–Kier alpha value is -10.5. The third-order valence-corrected chi connectivity index (χ3v) is 13.4. The van der Waals surface area contributed by atoms with Crippen molar-refractivity contribution in [3.8, 4) is 5.75 Å². The Morgan fingerprint density at radius 2 is 0.559 bits per heavy atom. The van der Waals surface area contributed by atoms with Gasteiger partial charge >= 0.3 is 5.97 Å². The number of nitrogens with one attached hydrogen (secondary N) is 10. The molecule has 39 nitrogen and oxygen atoms in total. The molecular formula is C54H96N26O13. The van der Waals surface area contributed by atoms with Crippen molar-refractivity contribution in [2.75, 3.05) is 32.7 Å². The predicted molar refractivity (Wildman–Crippen MR) is 345 cm³/mol. The fourth-order valence-electron chi connectivity index (χ4n) is 8.22. The summed E-state index contributed by atoms with van der Waals surface area (Å²) >= 11 is 0. The first-order valence-corrected chi connectivity index (χ1v) is 29.7. The van der Waals surface area contributed by atoms with Crippen LogP contribution in [0, 0.1) is 0 Å². The molecule has 0 unspecified atom stereocenters. The first-order chi connectivity index (χ1) is 43.6. The van der Waals surface area contributed by atoms with Crippen LogP contribution in [0.3, 0.4) is 0 Å². The van der Waals surface area contributed by atoms with Gasteiger partial charge in [0.15, 0.2) is 29.8 Å². The van der Waals surface area contributed by atoms with E-state index in [1.54, 1.807) is 12.1 Å². The number of nitrogens with two attached hydrogens (primary N) is 11. The molecule has 0 aliphatic heterocycles. The van der Waals surface area contributed by atoms with E-state index in [9.17, 15) is 63.0 Å². The van der Waals surface area contributed by atoms with E-state index in [-0.39, 0.29) is 139 Å². The van der Waals surface area contributed by atoms with Gasteiger partial charge in [0, 0.05) is 32.7 Å². The van der Waals surface area contributed by atoms with Crippen LogP contribution in [0.25, 0.3) is 0 Å². The van der Waals surface area contributed by atoms with Crippen LogP contribution in [0.15, 0.2) is 49.2 Å². The summed E-state index contributed by atoms with van der Waals surface area (Å²) in [5, 5.41) is 44.3. The Balaban J connectivity index is 3.29. The molecule has 93 heavy (non-hydrogen) atoms. The van der Waals surface area contributed by atoms with Gasteiger partial charge in [0.25, 0.3) is 0 Å². The minimum Gasteiger partial charge on any atom is -0.508 e. The van der Waals surface area contributed by atoms with Crippen LogP contribution in [0.4, 0.5) is 0 Å². The lowest BCUT2D eigenvalue weighted by Crippen LogP contribution is -2.59. The largest absolute Gasteiger partial charge is 0.508 e. The molecule has 520 valence electrons. The van der Waals surface area contributed by atoms with E-state index < -0.39 is 132 Å². The quantitative estimate of drug-likeness (QED) is 0.0164. The summed E-state index contributed by atoms with van der Waals surface area (Å²) in [4.78, 5) is 167. The molecular weight excluding hydrogens is 1220 g/mol. The number of phenols is 1. The SMILES string of the molecule is C[C@H](NC(=O)[C@H](C)NC(=O)[C@H](CCCN=C(N)N)NC(=O)[C@H](CCCN=C(N)N)NC(=O)[C@H](C)NC(=O)[C@H](C)NC(=O)[C@H](CCCN=C(N)N)NC(=O)[C@H](C)NC(=O)[C@@H](N)Cc1ccc(O)cc1)C(=O)N[C@@H](CCCN=C(N)N)C(=O)N[C@@H](CCCN=C(N)N)C(=O)O. The van der Waals surface area contributed by atoms with Crippen molar-refractivity contribution in [1.29, 1.82) is 0 Å². The summed E-state index contributed by atoms with van der Waals surface area (Å²) in [6.45, 7) is 6.60. The molecule has 0 radical (unpaired) electrons. The molecule has 1 aromatic rings. The minimum atomic E-state index is -1.44. The Morgan fingerprint density at radius 1 is 0.344 bits per heavy atom. The van der Waals surface area contributed by atoms with Crippen LogP contribution in [0.1, 0.15) is 104 Å². The Kier molecular flexibility index (Phi) is 36.8. The van der Waals surface area contributed by atoms with Crippen molar-refractivity contribution in [3.05, 3.63) is 29.8 Å². The lowest BCUT2D eigenvalue weighted by molar-refractivity contribution is -0.142. The lowest BCUT2D eigenvalue weighted by Gasteiger charge is -2.26. The van der Waals surface area contributed by atoms with Crippen molar-refractivity contribution in [2.45, 2.75) is 172 Å². The average molecular weight is 1320 g/mol. The van der Waals surface area contributed by atoms with E-state index in [1.165, 1.54) is 46.8 Å². The maximum atomic E-state index is 14.2. The molecule has 10 amide bonds. The molecule has 0 aliphatic rings. The average Bonchev–Trinajstić information content (AvgIpc) is 2.03. The van der Waals surface area contributed by atoms with Gasteiger partial charge in [-0.25, -0.2) is 4.79 Å². The van der Waals surface area contributed by atoms with Gasteiger partial charge in [-0.2, -0.15) is 0 Å². The molecule has 0 saturated heterocycles. The summed E-state index contributed by atoms with van der Waals surface area (Å²) < 4.78 is 0. The van der Waals surface area contributed by atoms with Crippen molar-refractivity contribution >= 4 is 94.8 Å². The highest BCUT2D eigenvalue weighted by Crippen LogP contribution is 2.12. The maximum Gasteiger partial charge on any atom is 0.326 e. The number of amides is 10. The molecule has 11 atom stereocenters. The molecule has 1 rings (SSSR count). The van der Waals surface area contributed by atoms with Crippen LogP contribution < -0.4 is 116 Å². The lowest BCUT2D eigenvalue weighted by atomic mass is 10.1. The van der Waals surface area contributed by atoms with Gasteiger partial charge in [0.05, 0.1) is 6.04 Å². The Morgan fingerprint density at radius 3 is 0.828 bits per heavy atom. The number of aliphatic carboxylic acids is 1. The van der Waals surface area contributed by atoms with Crippen LogP contribution in [0.2, 0.25) is 0 Å². The van der Waals surface area contributed by atoms with Gasteiger partial charge in [-0.3, -0.25) is 72.9 Å². The number of aromatic hydroxyl groups is 1. The van der Waals surface area contributed by atoms with Crippen molar-refractivity contribution in [2.24, 2.45) is 88.0 Å². The molecule has 0 bridgehead atoms. The van der Waals surface area contributed by atoms with E-state index in [2.05, 4.69) is 78.1 Å². The van der Waals surface area contributed by atoms with E-state index >= 15 is 0 Å². The van der Waals surface area contributed by atoms with Gasteiger partial charge < -0.3 is 126 Å². The number of hydrogen-bond acceptors (Lipinski definition) is 18. The number of guanidine groups is 5. The van der Waals surface area contributed by atoms with Crippen molar-refractivity contribution in [1.82, 2.24) is 53.2 Å². The number of rotatable bonds is 43. The van der Waals surface area contributed by atoms with Crippen LogP contribution in [-0.2, 0) is 59.2 Å². The van der Waals surface area contributed by atoms with Gasteiger partial charge in [-0.15, -0.1) is 0 Å². The molecule has 34 N–H and O–H groups in total. The highest BCUT2D eigenvalue weighted by atomic mass is 16.4. The Bertz CT molecular complexity index is 2820. The van der Waals surface area contributed by atoms with Crippen molar-refractivity contribution < 1.29 is 63.0 Å². The van der Waals surface area contributed by atoms with Gasteiger partial charge in [0.2, 0.25) is 59.1 Å². The fraction of sp³-hybridized carbons (Fsp3) is 0.593. The van der Waals surface area contributed by atoms with E-state index in [0.29, 0.717) is 5.56 Å². The van der Waals surface area contributed by atoms with Crippen LogP contribution in [0.5, 0.6) is 5.75 Å². The summed E-state index contributed by atoms with van der Waals surface area (Å²) in [6.07, 6.45) is 0.224. The summed E-state index contributed by atoms with van der Waals surface area (Å²) in [5.41, 5.74) is 61.1. The van der Waals surface area contributed by atoms with E-state index in [0.717, 1.165) is 0 Å². The monoisotopic (exact) mass is 1320 g/mol. The first kappa shape index (κ1) is 80.5. The van der Waals surface area contributed by atoms with Gasteiger partial charge in [0.1, 0.15) is 66.2 Å². The molecule has 0 aliphatic carbocycles. The van der Waals surface area contributed by atoms with E-state index in [4.69, 9.17) is 63.1 Å². The zero-order valence-electron chi connectivity index (χ0n) is 52.9.